The molecule has 2 heterocycles. The van der Waals surface area contributed by atoms with Crippen molar-refractivity contribution < 1.29 is 0 Å². The highest BCUT2D eigenvalue weighted by Crippen LogP contribution is 2.31. The highest BCUT2D eigenvalue weighted by Gasteiger charge is 2.26. The van der Waals surface area contributed by atoms with Crippen molar-refractivity contribution in [2.24, 2.45) is 5.41 Å². The van der Waals surface area contributed by atoms with E-state index < -0.39 is 0 Å². The Hall–Kier alpha value is -1.09. The molecule has 1 fully saturated rings. The summed E-state index contributed by atoms with van der Waals surface area (Å²) < 4.78 is 0. The first-order chi connectivity index (χ1) is 8.52. The molecule has 0 aromatic carbocycles. The Kier molecular flexibility index (Phi) is 3.91. The average Bonchev–Trinajstić information content (AvgIpc) is 2.38. The maximum atomic E-state index is 4.53. The van der Waals surface area contributed by atoms with Crippen LogP contribution in [0.15, 0.2) is 18.3 Å². The van der Waals surface area contributed by atoms with Crippen molar-refractivity contribution >= 4 is 5.82 Å². The molecule has 0 amide bonds. The third kappa shape index (κ3) is 3.02. The van der Waals surface area contributed by atoms with Crippen LogP contribution in [0.1, 0.15) is 45.2 Å². The molecule has 1 aromatic rings. The van der Waals surface area contributed by atoms with E-state index in [4.69, 9.17) is 0 Å². The van der Waals surface area contributed by atoms with Crippen molar-refractivity contribution in [1.29, 1.82) is 0 Å². The highest BCUT2D eigenvalue weighted by molar-refractivity contribution is 5.42. The summed E-state index contributed by atoms with van der Waals surface area (Å²) in [4.78, 5) is 6.94. The fraction of sp³-hybridized carbons (Fsp3) is 0.667. The van der Waals surface area contributed by atoms with E-state index in [1.807, 2.05) is 13.2 Å². The number of nitrogens with zero attached hydrogens (tertiary/aromatic N) is 2. The summed E-state index contributed by atoms with van der Waals surface area (Å²) in [7, 11) is 1.99. The zero-order valence-corrected chi connectivity index (χ0v) is 12.0. The lowest BCUT2D eigenvalue weighted by Gasteiger charge is -2.37. The van der Waals surface area contributed by atoms with Gasteiger partial charge in [0.15, 0.2) is 0 Å². The Labute approximate surface area is 111 Å². The Morgan fingerprint density at radius 1 is 1.33 bits per heavy atom. The van der Waals surface area contributed by atoms with Crippen LogP contribution in [0, 0.1) is 5.41 Å². The fourth-order valence-corrected chi connectivity index (χ4v) is 2.38. The van der Waals surface area contributed by atoms with Gasteiger partial charge in [0.1, 0.15) is 5.82 Å². The first-order valence-corrected chi connectivity index (χ1v) is 6.90. The fourth-order valence-electron chi connectivity index (χ4n) is 2.38. The largest absolute Gasteiger partial charge is 0.357 e. The minimum absolute atomic E-state index is 0.382. The molecule has 1 aliphatic heterocycles. The van der Waals surface area contributed by atoms with Crippen molar-refractivity contribution in [2.45, 2.75) is 39.7 Å². The summed E-state index contributed by atoms with van der Waals surface area (Å²) in [6.07, 6.45) is 4.43. The van der Waals surface area contributed by atoms with E-state index >= 15 is 0 Å². The van der Waals surface area contributed by atoms with Gasteiger partial charge in [0, 0.05) is 25.3 Å². The second-order valence-electron chi connectivity index (χ2n) is 6.11. The van der Waals surface area contributed by atoms with Crippen LogP contribution in [0.2, 0.25) is 0 Å². The van der Waals surface area contributed by atoms with Gasteiger partial charge in [-0.3, -0.25) is 0 Å². The first-order valence-electron chi connectivity index (χ1n) is 6.90. The Morgan fingerprint density at radius 2 is 2.00 bits per heavy atom. The molecule has 100 valence electrons. The molecule has 1 saturated heterocycles. The molecule has 1 atom stereocenters. The second kappa shape index (κ2) is 5.27. The van der Waals surface area contributed by atoms with Gasteiger partial charge in [0.05, 0.1) is 0 Å². The van der Waals surface area contributed by atoms with Crippen molar-refractivity contribution in [3.8, 4) is 0 Å². The highest BCUT2D eigenvalue weighted by atomic mass is 15.2. The molecule has 1 aliphatic rings. The number of aromatic nitrogens is 1. The van der Waals surface area contributed by atoms with E-state index in [0.717, 1.165) is 18.9 Å². The standard InChI is InChI=1S/C15H25N3/c1-12(16-4)13-5-8-17-14(11-13)18-9-6-15(2,3)7-10-18/h5,8,11-12,16H,6-7,9-10H2,1-4H3. The van der Waals surface area contributed by atoms with Crippen LogP contribution < -0.4 is 10.2 Å². The predicted octanol–water partition coefficient (Wildman–Crippen LogP) is 2.99. The zero-order valence-electron chi connectivity index (χ0n) is 12.0. The summed E-state index contributed by atoms with van der Waals surface area (Å²) in [5.74, 6) is 1.13. The molecule has 0 bridgehead atoms. The lowest BCUT2D eigenvalue weighted by atomic mass is 9.83. The SMILES string of the molecule is CNC(C)c1ccnc(N2CCC(C)(C)CC2)c1. The number of hydrogen-bond donors (Lipinski definition) is 1. The number of pyridine rings is 1. The maximum Gasteiger partial charge on any atom is 0.128 e. The van der Waals surface area contributed by atoms with E-state index in [9.17, 15) is 0 Å². The Balaban J connectivity index is 2.10. The average molecular weight is 247 g/mol. The molecule has 18 heavy (non-hydrogen) atoms. The molecular weight excluding hydrogens is 222 g/mol. The summed E-state index contributed by atoms with van der Waals surface area (Å²) in [6.45, 7) is 9.14. The molecule has 3 heteroatoms. The number of nitrogens with one attached hydrogen (secondary N) is 1. The number of anilines is 1. The van der Waals surface area contributed by atoms with E-state index in [0.29, 0.717) is 11.5 Å². The van der Waals surface area contributed by atoms with Crippen molar-refractivity contribution in [3.63, 3.8) is 0 Å². The number of piperidine rings is 1. The van der Waals surface area contributed by atoms with Crippen LogP contribution >= 0.6 is 0 Å². The van der Waals surface area contributed by atoms with E-state index in [-0.39, 0.29) is 0 Å². The van der Waals surface area contributed by atoms with Gasteiger partial charge in [0.2, 0.25) is 0 Å². The second-order valence-corrected chi connectivity index (χ2v) is 6.11. The molecule has 1 aromatic heterocycles. The minimum Gasteiger partial charge on any atom is -0.357 e. The van der Waals surface area contributed by atoms with E-state index in [1.54, 1.807) is 0 Å². The van der Waals surface area contributed by atoms with Gasteiger partial charge in [0.25, 0.3) is 0 Å². The van der Waals surface area contributed by atoms with Gasteiger partial charge < -0.3 is 10.2 Å². The summed E-state index contributed by atoms with van der Waals surface area (Å²) in [6, 6.07) is 4.70. The molecule has 0 aliphatic carbocycles. The molecule has 1 unspecified atom stereocenters. The summed E-state index contributed by atoms with van der Waals surface area (Å²) in [5, 5.41) is 3.28. The minimum atomic E-state index is 0.382. The van der Waals surface area contributed by atoms with Crippen molar-refractivity contribution in [2.75, 3.05) is 25.0 Å². The summed E-state index contributed by atoms with van der Waals surface area (Å²) >= 11 is 0. The van der Waals surface area contributed by atoms with Gasteiger partial charge in [-0.25, -0.2) is 4.98 Å². The summed E-state index contributed by atoms with van der Waals surface area (Å²) in [5.41, 5.74) is 1.80. The number of hydrogen-bond acceptors (Lipinski definition) is 3. The van der Waals surface area contributed by atoms with Crippen LogP contribution in [0.5, 0.6) is 0 Å². The van der Waals surface area contributed by atoms with Crippen LogP contribution in [-0.2, 0) is 0 Å². The smallest absolute Gasteiger partial charge is 0.128 e. The Bertz CT molecular complexity index is 390. The molecule has 2 rings (SSSR count). The maximum absolute atomic E-state index is 4.53. The van der Waals surface area contributed by atoms with Crippen LogP contribution in [0.4, 0.5) is 5.82 Å². The normalized spacial score (nSPS) is 20.8. The van der Waals surface area contributed by atoms with Gasteiger partial charge in [-0.05, 0) is 49.9 Å². The number of rotatable bonds is 3. The third-order valence-corrected chi connectivity index (χ3v) is 4.14. The molecule has 0 radical (unpaired) electrons. The van der Waals surface area contributed by atoms with Crippen LogP contribution in [0.3, 0.4) is 0 Å². The third-order valence-electron chi connectivity index (χ3n) is 4.14. The van der Waals surface area contributed by atoms with Gasteiger partial charge >= 0.3 is 0 Å². The molecule has 1 N–H and O–H groups in total. The van der Waals surface area contributed by atoms with E-state index in [1.165, 1.54) is 18.4 Å². The molecule has 0 saturated carbocycles. The molecule has 3 nitrogen and oxygen atoms in total. The zero-order chi connectivity index (χ0) is 13.2. The lowest BCUT2D eigenvalue weighted by Crippen LogP contribution is -2.37. The van der Waals surface area contributed by atoms with Crippen molar-refractivity contribution in [1.82, 2.24) is 10.3 Å². The van der Waals surface area contributed by atoms with Crippen LogP contribution in [-0.4, -0.2) is 25.1 Å². The predicted molar refractivity (Wildman–Crippen MR) is 76.9 cm³/mol. The van der Waals surface area contributed by atoms with Gasteiger partial charge in [-0.1, -0.05) is 13.8 Å². The monoisotopic (exact) mass is 247 g/mol. The van der Waals surface area contributed by atoms with Gasteiger partial charge in [-0.15, -0.1) is 0 Å². The van der Waals surface area contributed by atoms with E-state index in [2.05, 4.69) is 48.1 Å². The topological polar surface area (TPSA) is 28.2 Å². The van der Waals surface area contributed by atoms with Gasteiger partial charge in [-0.2, -0.15) is 0 Å². The molecular formula is C15H25N3. The quantitative estimate of drug-likeness (QED) is 0.890. The molecule has 0 spiro atoms. The first kappa shape index (κ1) is 13.3. The lowest BCUT2D eigenvalue weighted by molar-refractivity contribution is 0.279. The Morgan fingerprint density at radius 3 is 2.61 bits per heavy atom. The van der Waals surface area contributed by atoms with Crippen LogP contribution in [0.25, 0.3) is 0 Å². The van der Waals surface area contributed by atoms with Crippen molar-refractivity contribution in [3.05, 3.63) is 23.9 Å².